The average Bonchev–Trinajstić information content (AvgIpc) is 2.71. The van der Waals surface area contributed by atoms with Crippen molar-refractivity contribution in [2.45, 2.75) is 13.0 Å². The van der Waals surface area contributed by atoms with E-state index in [-0.39, 0.29) is 11.9 Å². The fourth-order valence-corrected chi connectivity index (χ4v) is 3.62. The summed E-state index contributed by atoms with van der Waals surface area (Å²) in [6.45, 7) is 6.95. The monoisotopic (exact) mass is 401 g/mol. The lowest BCUT2D eigenvalue weighted by Crippen LogP contribution is -2.48. The Morgan fingerprint density at radius 3 is 2.46 bits per heavy atom. The molecule has 0 aliphatic carbocycles. The van der Waals surface area contributed by atoms with Crippen molar-refractivity contribution in [3.8, 4) is 5.75 Å². The molecule has 0 radical (unpaired) electrons. The molecule has 1 heterocycles. The Hall–Kier alpha value is -2.08. The zero-order chi connectivity index (χ0) is 19.9. The Labute approximate surface area is 172 Å². The SMILES string of the molecule is CCOc1ccccc1C(=O)NC[C@H](c1ccc(Cl)cc1)N1CCN(C)CC1. The summed E-state index contributed by atoms with van der Waals surface area (Å²) in [5.41, 5.74) is 1.73. The van der Waals surface area contributed by atoms with Gasteiger partial charge in [-0.15, -0.1) is 0 Å². The van der Waals surface area contributed by atoms with Crippen LogP contribution in [0.3, 0.4) is 0 Å². The standard InChI is InChI=1S/C22H28ClN3O2/c1-3-28-21-7-5-4-6-19(21)22(27)24-16-20(17-8-10-18(23)11-9-17)26-14-12-25(2)13-15-26/h4-11,20H,3,12-16H2,1-2H3,(H,24,27)/t20-/m1/s1. The summed E-state index contributed by atoms with van der Waals surface area (Å²) in [5, 5.41) is 3.83. The van der Waals surface area contributed by atoms with E-state index in [0.717, 1.165) is 36.8 Å². The maximum absolute atomic E-state index is 12.8. The Morgan fingerprint density at radius 1 is 1.11 bits per heavy atom. The first-order valence-corrected chi connectivity index (χ1v) is 10.1. The molecule has 0 unspecified atom stereocenters. The number of amides is 1. The first-order valence-electron chi connectivity index (χ1n) is 9.76. The molecule has 3 rings (SSSR count). The number of likely N-dealkylation sites (N-methyl/N-ethyl adjacent to an activating group) is 1. The van der Waals surface area contributed by atoms with Gasteiger partial charge < -0.3 is 15.0 Å². The highest BCUT2D eigenvalue weighted by molar-refractivity contribution is 6.30. The Morgan fingerprint density at radius 2 is 1.79 bits per heavy atom. The predicted octanol–water partition coefficient (Wildman–Crippen LogP) is 3.46. The zero-order valence-electron chi connectivity index (χ0n) is 16.5. The number of halogens is 1. The third-order valence-electron chi connectivity index (χ3n) is 5.12. The smallest absolute Gasteiger partial charge is 0.255 e. The molecule has 1 saturated heterocycles. The van der Waals surface area contributed by atoms with Gasteiger partial charge in [-0.25, -0.2) is 0 Å². The van der Waals surface area contributed by atoms with Crippen LogP contribution in [0.15, 0.2) is 48.5 Å². The molecule has 1 amide bonds. The van der Waals surface area contributed by atoms with Crippen LogP contribution in [0.1, 0.15) is 28.9 Å². The van der Waals surface area contributed by atoms with Gasteiger partial charge in [-0.05, 0) is 43.8 Å². The lowest BCUT2D eigenvalue weighted by atomic mass is 10.0. The number of benzene rings is 2. The van der Waals surface area contributed by atoms with Crippen molar-refractivity contribution in [2.24, 2.45) is 0 Å². The lowest BCUT2D eigenvalue weighted by Gasteiger charge is -2.38. The van der Waals surface area contributed by atoms with Crippen LogP contribution in [-0.2, 0) is 0 Å². The van der Waals surface area contributed by atoms with Gasteiger partial charge in [0.15, 0.2) is 0 Å². The minimum Gasteiger partial charge on any atom is -0.493 e. The minimum absolute atomic E-state index is 0.106. The zero-order valence-corrected chi connectivity index (χ0v) is 17.3. The second kappa shape index (κ2) is 9.92. The first kappa shape index (κ1) is 20.6. The van der Waals surface area contributed by atoms with Gasteiger partial charge in [0.1, 0.15) is 5.75 Å². The molecule has 2 aromatic rings. The summed E-state index contributed by atoms with van der Waals surface area (Å²) in [4.78, 5) is 17.6. The maximum atomic E-state index is 12.8. The molecule has 1 aliphatic heterocycles. The highest BCUT2D eigenvalue weighted by Crippen LogP contribution is 2.24. The Kier molecular flexibility index (Phi) is 7.31. The number of carbonyl (C=O) groups excluding carboxylic acids is 1. The van der Waals surface area contributed by atoms with Gasteiger partial charge in [-0.3, -0.25) is 9.69 Å². The molecule has 6 heteroatoms. The van der Waals surface area contributed by atoms with Gasteiger partial charge in [0.2, 0.25) is 0 Å². The third-order valence-corrected chi connectivity index (χ3v) is 5.37. The van der Waals surface area contributed by atoms with Crippen LogP contribution in [0.5, 0.6) is 5.75 Å². The molecule has 28 heavy (non-hydrogen) atoms. The van der Waals surface area contributed by atoms with Gasteiger partial charge in [0.25, 0.3) is 5.91 Å². The average molecular weight is 402 g/mol. The van der Waals surface area contributed by atoms with Crippen molar-refractivity contribution in [1.82, 2.24) is 15.1 Å². The van der Waals surface area contributed by atoms with Crippen LogP contribution in [0.4, 0.5) is 0 Å². The molecule has 1 atom stereocenters. The van der Waals surface area contributed by atoms with E-state index in [1.807, 2.05) is 49.4 Å². The largest absolute Gasteiger partial charge is 0.493 e. The molecule has 1 N–H and O–H groups in total. The maximum Gasteiger partial charge on any atom is 0.255 e. The van der Waals surface area contributed by atoms with E-state index < -0.39 is 0 Å². The predicted molar refractivity (Wildman–Crippen MR) is 113 cm³/mol. The highest BCUT2D eigenvalue weighted by atomic mass is 35.5. The van der Waals surface area contributed by atoms with Crippen molar-refractivity contribution < 1.29 is 9.53 Å². The number of hydrogen-bond acceptors (Lipinski definition) is 4. The fraction of sp³-hybridized carbons (Fsp3) is 0.409. The molecule has 150 valence electrons. The molecule has 0 aromatic heterocycles. The third kappa shape index (κ3) is 5.25. The lowest BCUT2D eigenvalue weighted by molar-refractivity contribution is 0.0883. The summed E-state index contributed by atoms with van der Waals surface area (Å²) in [5.74, 6) is 0.502. The molecular formula is C22H28ClN3O2. The van der Waals surface area contributed by atoms with Gasteiger partial charge in [0, 0.05) is 37.7 Å². The van der Waals surface area contributed by atoms with Gasteiger partial charge in [-0.1, -0.05) is 35.9 Å². The van der Waals surface area contributed by atoms with Crippen molar-refractivity contribution in [3.63, 3.8) is 0 Å². The highest BCUT2D eigenvalue weighted by Gasteiger charge is 2.25. The summed E-state index contributed by atoms with van der Waals surface area (Å²) in [7, 11) is 2.14. The molecule has 1 aliphatic rings. The molecule has 2 aromatic carbocycles. The van der Waals surface area contributed by atoms with E-state index >= 15 is 0 Å². The quantitative estimate of drug-likeness (QED) is 0.771. The second-order valence-electron chi connectivity index (χ2n) is 7.05. The fourth-order valence-electron chi connectivity index (χ4n) is 3.50. The molecule has 5 nitrogen and oxygen atoms in total. The number of nitrogens with zero attached hydrogens (tertiary/aromatic N) is 2. The van der Waals surface area contributed by atoms with E-state index in [1.54, 1.807) is 6.07 Å². The Balaban J connectivity index is 1.74. The minimum atomic E-state index is -0.114. The number of nitrogens with one attached hydrogen (secondary N) is 1. The van der Waals surface area contributed by atoms with Crippen LogP contribution in [0.25, 0.3) is 0 Å². The number of ether oxygens (including phenoxy) is 1. The number of hydrogen-bond donors (Lipinski definition) is 1. The van der Waals surface area contributed by atoms with Crippen molar-refractivity contribution >= 4 is 17.5 Å². The van der Waals surface area contributed by atoms with Gasteiger partial charge >= 0.3 is 0 Å². The molecular weight excluding hydrogens is 374 g/mol. The summed E-state index contributed by atoms with van der Waals surface area (Å²) >= 11 is 6.07. The number of para-hydroxylation sites is 1. The number of piperazine rings is 1. The van der Waals surface area contributed by atoms with Crippen LogP contribution >= 0.6 is 11.6 Å². The molecule has 0 saturated carbocycles. The van der Waals surface area contributed by atoms with Crippen LogP contribution in [-0.4, -0.2) is 62.1 Å². The van der Waals surface area contributed by atoms with E-state index in [2.05, 4.69) is 22.2 Å². The second-order valence-corrected chi connectivity index (χ2v) is 7.48. The summed E-state index contributed by atoms with van der Waals surface area (Å²) in [6, 6.07) is 15.4. The van der Waals surface area contributed by atoms with Crippen LogP contribution in [0, 0.1) is 0 Å². The molecule has 0 spiro atoms. The van der Waals surface area contributed by atoms with E-state index in [0.29, 0.717) is 24.5 Å². The topological polar surface area (TPSA) is 44.8 Å². The van der Waals surface area contributed by atoms with Crippen molar-refractivity contribution in [3.05, 3.63) is 64.7 Å². The van der Waals surface area contributed by atoms with Crippen LogP contribution < -0.4 is 10.1 Å². The Bertz CT molecular complexity index is 774. The van der Waals surface area contributed by atoms with E-state index in [1.165, 1.54) is 0 Å². The van der Waals surface area contributed by atoms with E-state index in [9.17, 15) is 4.79 Å². The number of rotatable bonds is 7. The first-order chi connectivity index (χ1) is 13.6. The molecule has 0 bridgehead atoms. The molecule has 1 fully saturated rings. The van der Waals surface area contributed by atoms with Crippen LogP contribution in [0.2, 0.25) is 5.02 Å². The number of carbonyl (C=O) groups is 1. The van der Waals surface area contributed by atoms with Crippen molar-refractivity contribution in [1.29, 1.82) is 0 Å². The summed E-state index contributed by atoms with van der Waals surface area (Å²) < 4.78 is 5.60. The van der Waals surface area contributed by atoms with Gasteiger partial charge in [-0.2, -0.15) is 0 Å². The van der Waals surface area contributed by atoms with Crippen molar-refractivity contribution in [2.75, 3.05) is 46.4 Å². The van der Waals surface area contributed by atoms with Gasteiger partial charge in [0.05, 0.1) is 18.2 Å². The summed E-state index contributed by atoms with van der Waals surface area (Å²) in [6.07, 6.45) is 0. The van der Waals surface area contributed by atoms with E-state index in [4.69, 9.17) is 16.3 Å². The normalized spacial score (nSPS) is 16.5.